The van der Waals surface area contributed by atoms with Crippen molar-refractivity contribution in [2.75, 3.05) is 20.6 Å². The molecule has 0 spiro atoms. The molecule has 3 amide bonds. The topological polar surface area (TPSA) is 116 Å². The standard InChI is InChI=1S/C32H42N4O4S/c1-22(37)21-34-30(39)27(20-26-12-9-17-41-26)36(5)31(40)28(35(4)29(38)13-8-16-32(2,3)33)19-23-14-15-24-10-6-7-11-25(24)18-23/h6-15,17-18,22,27-28,37H,16,19-21,33H2,1-5H3,(H,34,39)/b13-8+/t22-,27+,28+/m0/s1. The Balaban J connectivity index is 1.93. The highest BCUT2D eigenvalue weighted by atomic mass is 32.1. The molecule has 0 saturated heterocycles. The molecule has 4 N–H and O–H groups in total. The maximum Gasteiger partial charge on any atom is 0.246 e. The molecule has 0 aliphatic carbocycles. The summed E-state index contributed by atoms with van der Waals surface area (Å²) >= 11 is 1.51. The summed E-state index contributed by atoms with van der Waals surface area (Å²) in [5.74, 6) is -1.04. The Kier molecular flexibility index (Phi) is 11.2. The second-order valence-electron chi connectivity index (χ2n) is 11.3. The largest absolute Gasteiger partial charge is 0.392 e. The summed E-state index contributed by atoms with van der Waals surface area (Å²) in [6.07, 6.45) is 3.54. The first kappa shape index (κ1) is 32.0. The predicted octanol–water partition coefficient (Wildman–Crippen LogP) is 3.52. The number of carbonyl (C=O) groups excluding carboxylic acids is 3. The second kappa shape index (κ2) is 14.4. The number of thiophene rings is 1. The Labute approximate surface area is 246 Å². The zero-order valence-electron chi connectivity index (χ0n) is 24.5. The van der Waals surface area contributed by atoms with Gasteiger partial charge in [0.05, 0.1) is 6.10 Å². The van der Waals surface area contributed by atoms with Crippen LogP contribution in [0.5, 0.6) is 0 Å². The van der Waals surface area contributed by atoms with Crippen molar-refractivity contribution >= 4 is 39.8 Å². The zero-order valence-corrected chi connectivity index (χ0v) is 25.4. The van der Waals surface area contributed by atoms with Crippen molar-refractivity contribution in [3.8, 4) is 0 Å². The smallest absolute Gasteiger partial charge is 0.246 e. The van der Waals surface area contributed by atoms with E-state index in [4.69, 9.17) is 5.73 Å². The molecule has 0 bridgehead atoms. The summed E-state index contributed by atoms with van der Waals surface area (Å²) in [7, 11) is 3.21. The van der Waals surface area contributed by atoms with Crippen molar-refractivity contribution < 1.29 is 19.5 Å². The van der Waals surface area contributed by atoms with Crippen molar-refractivity contribution in [1.82, 2.24) is 15.1 Å². The first-order valence-electron chi connectivity index (χ1n) is 13.8. The minimum Gasteiger partial charge on any atom is -0.392 e. The Bertz CT molecular complexity index is 1350. The van der Waals surface area contributed by atoms with Gasteiger partial charge in [0.15, 0.2) is 0 Å². The highest BCUT2D eigenvalue weighted by Gasteiger charge is 2.35. The number of rotatable bonds is 13. The molecule has 1 aromatic heterocycles. The van der Waals surface area contributed by atoms with Gasteiger partial charge in [0.2, 0.25) is 17.7 Å². The van der Waals surface area contributed by atoms with Gasteiger partial charge in [-0.15, -0.1) is 11.3 Å². The molecule has 0 fully saturated rings. The molecule has 0 aliphatic rings. The first-order valence-corrected chi connectivity index (χ1v) is 14.7. The summed E-state index contributed by atoms with van der Waals surface area (Å²) in [6, 6.07) is 16.1. The van der Waals surface area contributed by atoms with E-state index >= 15 is 0 Å². The van der Waals surface area contributed by atoms with Crippen LogP contribution in [0, 0.1) is 0 Å². The van der Waals surface area contributed by atoms with Crippen LogP contribution in [0.25, 0.3) is 10.8 Å². The normalized spacial score (nSPS) is 14.0. The Hall–Kier alpha value is -3.53. The van der Waals surface area contributed by atoms with Gasteiger partial charge in [-0.25, -0.2) is 0 Å². The highest BCUT2D eigenvalue weighted by Crippen LogP contribution is 2.21. The van der Waals surface area contributed by atoms with Gasteiger partial charge in [-0.2, -0.15) is 0 Å². The van der Waals surface area contributed by atoms with Gasteiger partial charge in [-0.1, -0.05) is 54.6 Å². The lowest BCUT2D eigenvalue weighted by atomic mass is 9.99. The molecule has 1 heterocycles. The number of aliphatic hydroxyl groups excluding tert-OH is 1. The number of nitrogens with two attached hydrogens (primary N) is 1. The molecule has 2 aromatic carbocycles. The fourth-order valence-corrected chi connectivity index (χ4v) is 5.24. The first-order chi connectivity index (χ1) is 19.4. The van der Waals surface area contributed by atoms with Crippen LogP contribution in [0.4, 0.5) is 0 Å². The summed E-state index contributed by atoms with van der Waals surface area (Å²) < 4.78 is 0. The Morgan fingerprint density at radius 3 is 2.34 bits per heavy atom. The summed E-state index contributed by atoms with van der Waals surface area (Å²) in [5.41, 5.74) is 6.49. The van der Waals surface area contributed by atoms with E-state index in [-0.39, 0.29) is 30.7 Å². The molecule has 220 valence electrons. The maximum atomic E-state index is 14.2. The molecular formula is C32H42N4O4S. The van der Waals surface area contributed by atoms with Crippen LogP contribution in [0.2, 0.25) is 0 Å². The summed E-state index contributed by atoms with van der Waals surface area (Å²) in [5, 5.41) is 16.5. The van der Waals surface area contributed by atoms with Gasteiger partial charge >= 0.3 is 0 Å². The van der Waals surface area contributed by atoms with Crippen molar-refractivity contribution in [3.05, 3.63) is 82.6 Å². The van der Waals surface area contributed by atoms with Gasteiger partial charge in [0.25, 0.3) is 0 Å². The Morgan fingerprint density at radius 2 is 1.71 bits per heavy atom. The molecule has 0 radical (unpaired) electrons. The molecule has 9 heteroatoms. The summed E-state index contributed by atoms with van der Waals surface area (Å²) in [4.78, 5) is 44.5. The number of fused-ring (bicyclic) bond motifs is 1. The van der Waals surface area contributed by atoms with E-state index in [1.54, 1.807) is 27.1 Å². The highest BCUT2D eigenvalue weighted by molar-refractivity contribution is 7.09. The monoisotopic (exact) mass is 578 g/mol. The fraction of sp³-hybridized carbons (Fsp3) is 0.406. The van der Waals surface area contributed by atoms with E-state index in [9.17, 15) is 19.5 Å². The van der Waals surface area contributed by atoms with Crippen LogP contribution in [0.3, 0.4) is 0 Å². The average Bonchev–Trinajstić information content (AvgIpc) is 3.44. The van der Waals surface area contributed by atoms with Gasteiger partial charge < -0.3 is 26.0 Å². The van der Waals surface area contributed by atoms with Crippen LogP contribution in [0.15, 0.2) is 72.1 Å². The SMILES string of the molecule is C[C@H](O)CNC(=O)[C@@H](Cc1cccs1)N(C)C(=O)[C@@H](Cc1ccc2ccccc2c1)N(C)C(=O)/C=C/CC(C)(C)N. The van der Waals surface area contributed by atoms with Crippen LogP contribution in [-0.2, 0) is 27.2 Å². The van der Waals surface area contributed by atoms with Crippen molar-refractivity contribution in [2.24, 2.45) is 5.73 Å². The predicted molar refractivity (Wildman–Crippen MR) is 166 cm³/mol. The van der Waals surface area contributed by atoms with E-state index in [2.05, 4.69) is 5.32 Å². The number of nitrogens with zero attached hydrogens (tertiary/aromatic N) is 2. The maximum absolute atomic E-state index is 14.2. The van der Waals surface area contributed by atoms with Crippen LogP contribution < -0.4 is 11.1 Å². The van der Waals surface area contributed by atoms with Gasteiger partial charge in [-0.3, -0.25) is 14.4 Å². The van der Waals surface area contributed by atoms with Crippen LogP contribution in [0.1, 0.15) is 37.6 Å². The lowest BCUT2D eigenvalue weighted by Crippen LogP contribution is -2.56. The van der Waals surface area contributed by atoms with Crippen molar-refractivity contribution in [2.45, 2.75) is 63.8 Å². The lowest BCUT2D eigenvalue weighted by Gasteiger charge is -2.34. The van der Waals surface area contributed by atoms with Gasteiger partial charge in [0.1, 0.15) is 12.1 Å². The third-order valence-electron chi connectivity index (χ3n) is 6.91. The van der Waals surface area contributed by atoms with E-state index in [1.807, 2.05) is 73.8 Å². The van der Waals surface area contributed by atoms with E-state index < -0.39 is 23.7 Å². The number of likely N-dealkylation sites (N-methyl/N-ethyl adjacent to an activating group) is 2. The van der Waals surface area contributed by atoms with E-state index in [0.717, 1.165) is 21.2 Å². The number of benzene rings is 2. The molecule has 8 nitrogen and oxygen atoms in total. The van der Waals surface area contributed by atoms with Gasteiger partial charge in [-0.05, 0) is 61.1 Å². The number of aliphatic hydroxyl groups is 1. The minimum absolute atomic E-state index is 0.0724. The molecular weight excluding hydrogens is 536 g/mol. The minimum atomic E-state index is -0.861. The number of carbonyl (C=O) groups is 3. The average molecular weight is 579 g/mol. The second-order valence-corrected chi connectivity index (χ2v) is 12.3. The molecule has 3 rings (SSSR count). The van der Waals surface area contributed by atoms with E-state index in [1.165, 1.54) is 27.2 Å². The van der Waals surface area contributed by atoms with E-state index in [0.29, 0.717) is 12.8 Å². The molecule has 3 aromatic rings. The molecule has 0 saturated carbocycles. The Morgan fingerprint density at radius 1 is 1.00 bits per heavy atom. The molecule has 41 heavy (non-hydrogen) atoms. The van der Waals surface area contributed by atoms with Crippen molar-refractivity contribution in [1.29, 1.82) is 0 Å². The lowest BCUT2D eigenvalue weighted by molar-refractivity contribution is -0.146. The third kappa shape index (κ3) is 9.52. The molecule has 0 aliphatic heterocycles. The quantitative estimate of drug-likeness (QED) is 0.269. The van der Waals surface area contributed by atoms with Crippen LogP contribution >= 0.6 is 11.3 Å². The van der Waals surface area contributed by atoms with Crippen molar-refractivity contribution in [3.63, 3.8) is 0 Å². The number of amides is 3. The summed E-state index contributed by atoms with van der Waals surface area (Å²) in [6.45, 7) is 5.41. The zero-order chi connectivity index (χ0) is 30.2. The number of hydrogen-bond acceptors (Lipinski definition) is 6. The molecule has 3 atom stereocenters. The molecule has 0 unspecified atom stereocenters. The number of nitrogens with one attached hydrogen (secondary N) is 1. The van der Waals surface area contributed by atoms with Gasteiger partial charge in [0, 0.05) is 43.9 Å². The fourth-order valence-electron chi connectivity index (χ4n) is 4.49. The van der Waals surface area contributed by atoms with Crippen LogP contribution in [-0.4, -0.2) is 77.0 Å². The third-order valence-corrected chi connectivity index (χ3v) is 7.81. The number of hydrogen-bond donors (Lipinski definition) is 3.